The van der Waals surface area contributed by atoms with E-state index in [2.05, 4.69) is 59.4 Å². The van der Waals surface area contributed by atoms with E-state index in [0.29, 0.717) is 25.0 Å². The molecule has 1 N–H and O–H groups in total. The van der Waals surface area contributed by atoms with Crippen LogP contribution in [0.3, 0.4) is 0 Å². The van der Waals surface area contributed by atoms with E-state index in [4.69, 9.17) is 14.7 Å². The lowest BCUT2D eigenvalue weighted by molar-refractivity contribution is 0.184. The molecule has 1 aliphatic heterocycles. The predicted molar refractivity (Wildman–Crippen MR) is 115 cm³/mol. The molecule has 0 spiro atoms. The van der Waals surface area contributed by atoms with Gasteiger partial charge in [0.05, 0.1) is 6.61 Å². The van der Waals surface area contributed by atoms with Crippen LogP contribution < -0.4 is 10.2 Å². The van der Waals surface area contributed by atoms with E-state index in [1.54, 1.807) is 7.11 Å². The SMILES string of the molecule is CCc1nc(NCc2ccccc2)nc(N2c3cccc(COC)c3CC2C)n1. The number of nitrogens with one attached hydrogen (secondary N) is 1. The Morgan fingerprint density at radius 1 is 1.07 bits per heavy atom. The number of anilines is 3. The Bertz CT molecular complexity index is 976. The topological polar surface area (TPSA) is 63.2 Å². The summed E-state index contributed by atoms with van der Waals surface area (Å²) in [4.78, 5) is 16.3. The van der Waals surface area contributed by atoms with Crippen LogP contribution in [-0.4, -0.2) is 28.1 Å². The number of methoxy groups -OCH3 is 1. The summed E-state index contributed by atoms with van der Waals surface area (Å²) in [6.07, 6.45) is 1.71. The number of aryl methyl sites for hydroxylation is 1. The quantitative estimate of drug-likeness (QED) is 0.651. The molecule has 29 heavy (non-hydrogen) atoms. The number of benzene rings is 2. The van der Waals surface area contributed by atoms with E-state index in [-0.39, 0.29) is 6.04 Å². The van der Waals surface area contributed by atoms with Crippen molar-refractivity contribution < 1.29 is 4.74 Å². The second-order valence-corrected chi connectivity index (χ2v) is 7.34. The van der Waals surface area contributed by atoms with Gasteiger partial charge in [-0.3, -0.25) is 0 Å². The summed E-state index contributed by atoms with van der Waals surface area (Å²) in [6, 6.07) is 16.9. The van der Waals surface area contributed by atoms with Gasteiger partial charge in [-0.1, -0.05) is 49.4 Å². The van der Waals surface area contributed by atoms with Crippen molar-refractivity contribution in [2.24, 2.45) is 0 Å². The summed E-state index contributed by atoms with van der Waals surface area (Å²) in [5, 5.41) is 3.36. The lowest BCUT2D eigenvalue weighted by Gasteiger charge is -2.23. The van der Waals surface area contributed by atoms with E-state index in [1.807, 2.05) is 18.2 Å². The van der Waals surface area contributed by atoms with Crippen molar-refractivity contribution in [2.45, 2.75) is 45.9 Å². The van der Waals surface area contributed by atoms with Crippen molar-refractivity contribution in [3.63, 3.8) is 0 Å². The van der Waals surface area contributed by atoms with Gasteiger partial charge in [0.1, 0.15) is 5.82 Å². The molecule has 1 atom stereocenters. The van der Waals surface area contributed by atoms with Crippen LogP contribution >= 0.6 is 0 Å². The fourth-order valence-electron chi connectivity index (χ4n) is 3.83. The van der Waals surface area contributed by atoms with E-state index in [1.165, 1.54) is 16.7 Å². The van der Waals surface area contributed by atoms with Crippen molar-refractivity contribution in [2.75, 3.05) is 17.3 Å². The molecular formula is C23H27N5O. The normalized spacial score (nSPS) is 15.4. The third kappa shape index (κ3) is 4.07. The Labute approximate surface area is 172 Å². The summed E-state index contributed by atoms with van der Waals surface area (Å²) < 4.78 is 5.39. The van der Waals surface area contributed by atoms with Gasteiger partial charge in [-0.2, -0.15) is 15.0 Å². The molecule has 6 heteroatoms. The highest BCUT2D eigenvalue weighted by Crippen LogP contribution is 2.38. The van der Waals surface area contributed by atoms with E-state index in [0.717, 1.165) is 24.4 Å². The van der Waals surface area contributed by atoms with Gasteiger partial charge in [-0.15, -0.1) is 0 Å². The van der Waals surface area contributed by atoms with Gasteiger partial charge in [0.2, 0.25) is 11.9 Å². The highest BCUT2D eigenvalue weighted by molar-refractivity contribution is 5.69. The third-order valence-corrected chi connectivity index (χ3v) is 5.24. The average Bonchev–Trinajstić information content (AvgIpc) is 3.10. The maximum atomic E-state index is 5.39. The van der Waals surface area contributed by atoms with E-state index >= 15 is 0 Å². The minimum Gasteiger partial charge on any atom is -0.380 e. The van der Waals surface area contributed by atoms with Crippen LogP contribution in [0.4, 0.5) is 17.6 Å². The molecule has 3 aromatic rings. The van der Waals surface area contributed by atoms with E-state index in [9.17, 15) is 0 Å². The van der Waals surface area contributed by atoms with Gasteiger partial charge < -0.3 is 15.0 Å². The van der Waals surface area contributed by atoms with Crippen LogP contribution in [0.1, 0.15) is 36.4 Å². The first kappa shape index (κ1) is 19.3. The van der Waals surface area contributed by atoms with Crippen LogP contribution in [0.15, 0.2) is 48.5 Å². The standard InChI is InChI=1S/C23H27N5O/c1-4-21-25-22(24-14-17-9-6-5-7-10-17)27-23(26-21)28-16(2)13-19-18(15-29-3)11-8-12-20(19)28/h5-12,16H,4,13-15H2,1-3H3,(H,24,25,26,27). The highest BCUT2D eigenvalue weighted by atomic mass is 16.5. The van der Waals surface area contributed by atoms with Crippen LogP contribution in [0.2, 0.25) is 0 Å². The molecule has 2 aromatic carbocycles. The summed E-state index contributed by atoms with van der Waals surface area (Å²) in [5.74, 6) is 2.11. The molecule has 0 radical (unpaired) electrons. The van der Waals surface area contributed by atoms with Crippen LogP contribution in [-0.2, 0) is 30.7 Å². The second-order valence-electron chi connectivity index (χ2n) is 7.34. The fourth-order valence-corrected chi connectivity index (χ4v) is 3.83. The number of fused-ring (bicyclic) bond motifs is 1. The van der Waals surface area contributed by atoms with Gasteiger partial charge in [0, 0.05) is 31.8 Å². The lowest BCUT2D eigenvalue weighted by atomic mass is 10.0. The fraction of sp³-hybridized carbons (Fsp3) is 0.348. The molecule has 0 amide bonds. The molecule has 1 unspecified atom stereocenters. The zero-order chi connectivity index (χ0) is 20.2. The molecule has 0 aliphatic carbocycles. The molecule has 150 valence electrons. The Kier molecular flexibility index (Phi) is 5.71. The van der Waals surface area contributed by atoms with Crippen molar-refractivity contribution in [1.29, 1.82) is 0 Å². The predicted octanol–water partition coefficient (Wildman–Crippen LogP) is 4.28. The minimum atomic E-state index is 0.275. The van der Waals surface area contributed by atoms with Gasteiger partial charge in [0.25, 0.3) is 0 Å². The number of ether oxygens (including phenoxy) is 1. The van der Waals surface area contributed by atoms with Gasteiger partial charge >= 0.3 is 0 Å². The first-order chi connectivity index (χ1) is 14.2. The number of nitrogens with zero attached hydrogens (tertiary/aromatic N) is 4. The summed E-state index contributed by atoms with van der Waals surface area (Å²) >= 11 is 0. The molecule has 0 saturated heterocycles. The number of rotatable bonds is 7. The molecule has 1 aromatic heterocycles. The Balaban J connectivity index is 1.66. The zero-order valence-electron chi connectivity index (χ0n) is 17.2. The summed E-state index contributed by atoms with van der Waals surface area (Å²) in [7, 11) is 1.74. The van der Waals surface area contributed by atoms with Gasteiger partial charge in [-0.25, -0.2) is 0 Å². The maximum absolute atomic E-state index is 5.39. The largest absolute Gasteiger partial charge is 0.380 e. The zero-order valence-corrected chi connectivity index (χ0v) is 17.2. The van der Waals surface area contributed by atoms with Crippen molar-refractivity contribution in [1.82, 2.24) is 15.0 Å². The molecule has 0 bridgehead atoms. The van der Waals surface area contributed by atoms with Crippen LogP contribution in [0, 0.1) is 0 Å². The molecule has 0 fully saturated rings. The van der Waals surface area contributed by atoms with Crippen LogP contribution in [0.5, 0.6) is 0 Å². The Morgan fingerprint density at radius 3 is 2.66 bits per heavy atom. The van der Waals surface area contributed by atoms with Crippen LogP contribution in [0.25, 0.3) is 0 Å². The Morgan fingerprint density at radius 2 is 1.90 bits per heavy atom. The van der Waals surface area contributed by atoms with Crippen molar-refractivity contribution in [3.05, 3.63) is 71.0 Å². The first-order valence-electron chi connectivity index (χ1n) is 10.1. The molecule has 6 nitrogen and oxygen atoms in total. The first-order valence-corrected chi connectivity index (χ1v) is 10.1. The smallest absolute Gasteiger partial charge is 0.235 e. The summed E-state index contributed by atoms with van der Waals surface area (Å²) in [6.45, 7) is 5.57. The number of aromatic nitrogens is 3. The molecule has 0 saturated carbocycles. The van der Waals surface area contributed by atoms with Crippen molar-refractivity contribution in [3.8, 4) is 0 Å². The van der Waals surface area contributed by atoms with E-state index < -0.39 is 0 Å². The molecular weight excluding hydrogens is 362 g/mol. The second kappa shape index (κ2) is 8.57. The van der Waals surface area contributed by atoms with Gasteiger partial charge in [0.15, 0.2) is 0 Å². The molecule has 1 aliphatic rings. The molecule has 2 heterocycles. The summed E-state index contributed by atoms with van der Waals surface area (Å²) in [5.41, 5.74) is 4.90. The van der Waals surface area contributed by atoms with Gasteiger partial charge in [-0.05, 0) is 36.1 Å². The van der Waals surface area contributed by atoms with Crippen molar-refractivity contribution >= 4 is 17.6 Å². The highest BCUT2D eigenvalue weighted by Gasteiger charge is 2.31. The Hall–Kier alpha value is -2.99. The monoisotopic (exact) mass is 389 g/mol. The lowest BCUT2D eigenvalue weighted by Crippen LogP contribution is -2.27. The average molecular weight is 390 g/mol. The molecule has 4 rings (SSSR count). The number of hydrogen-bond acceptors (Lipinski definition) is 6. The third-order valence-electron chi connectivity index (χ3n) is 5.24. The minimum absolute atomic E-state index is 0.275. The number of hydrogen-bond donors (Lipinski definition) is 1. The maximum Gasteiger partial charge on any atom is 0.235 e.